The van der Waals surface area contributed by atoms with Crippen LogP contribution < -0.4 is 0 Å². The zero-order valence-electron chi connectivity index (χ0n) is 9.39. The van der Waals surface area contributed by atoms with Gasteiger partial charge in [0, 0.05) is 16.5 Å². The second-order valence-corrected chi connectivity index (χ2v) is 5.24. The molecule has 3 nitrogen and oxygen atoms in total. The Hall–Kier alpha value is -1.36. The van der Waals surface area contributed by atoms with Crippen molar-refractivity contribution in [1.82, 2.24) is 0 Å². The van der Waals surface area contributed by atoms with E-state index in [9.17, 15) is 4.79 Å². The first-order valence-electron chi connectivity index (χ1n) is 5.34. The summed E-state index contributed by atoms with van der Waals surface area (Å²) in [7, 11) is 0. The molecule has 2 rings (SSSR count). The molecule has 2 N–H and O–H groups in total. The Labute approximate surface area is 113 Å². The maximum atomic E-state index is 11.1. The molecule has 1 heterocycles. The van der Waals surface area contributed by atoms with E-state index in [-0.39, 0.29) is 11.5 Å². The highest BCUT2D eigenvalue weighted by Gasteiger charge is 2.15. The molecule has 0 saturated carbocycles. The van der Waals surface area contributed by atoms with Crippen LogP contribution in [-0.4, -0.2) is 22.8 Å². The van der Waals surface area contributed by atoms with Crippen molar-refractivity contribution < 1.29 is 15.0 Å². The Morgan fingerprint density at radius 3 is 2.50 bits per heavy atom. The molecule has 1 aromatic carbocycles. The lowest BCUT2D eigenvalue weighted by atomic mass is 10.1. The van der Waals surface area contributed by atoms with Crippen molar-refractivity contribution in [3.8, 4) is 10.4 Å². The van der Waals surface area contributed by atoms with Gasteiger partial charge in [0.25, 0.3) is 0 Å². The van der Waals surface area contributed by atoms with E-state index in [1.165, 1.54) is 11.3 Å². The highest BCUT2D eigenvalue weighted by Crippen LogP contribution is 2.32. The van der Waals surface area contributed by atoms with Crippen molar-refractivity contribution in [2.24, 2.45) is 0 Å². The summed E-state index contributed by atoms with van der Waals surface area (Å²) in [4.78, 5) is 12.3. The fraction of sp³-hybridized carbons (Fsp3) is 0.154. The van der Waals surface area contributed by atoms with Crippen molar-refractivity contribution in [3.05, 3.63) is 45.8 Å². The number of rotatable bonds is 4. The third-order valence-corrected chi connectivity index (χ3v) is 3.98. The molecule has 1 aromatic heterocycles. The number of hydrogen-bond donors (Lipinski definition) is 2. The van der Waals surface area contributed by atoms with Gasteiger partial charge < -0.3 is 10.2 Å². The van der Waals surface area contributed by atoms with Crippen molar-refractivity contribution in [1.29, 1.82) is 0 Å². The molecule has 0 saturated heterocycles. The van der Waals surface area contributed by atoms with Crippen LogP contribution in [-0.2, 0) is 6.42 Å². The van der Waals surface area contributed by atoms with E-state index in [0.29, 0.717) is 17.0 Å². The smallest absolute Gasteiger partial charge is 0.346 e. The summed E-state index contributed by atoms with van der Waals surface area (Å²) in [5.74, 6) is -0.955. The molecule has 0 spiro atoms. The van der Waals surface area contributed by atoms with E-state index >= 15 is 0 Å². The summed E-state index contributed by atoms with van der Waals surface area (Å²) in [6, 6.07) is 9.05. The Kier molecular flexibility index (Phi) is 4.01. The Bertz CT molecular complexity index is 560. The minimum absolute atomic E-state index is 0.0585. The van der Waals surface area contributed by atoms with Gasteiger partial charge in [-0.3, -0.25) is 0 Å². The third-order valence-electron chi connectivity index (χ3n) is 2.51. The van der Waals surface area contributed by atoms with Gasteiger partial charge in [-0.05, 0) is 35.7 Å². The number of carboxylic acids is 1. The number of hydrogen-bond acceptors (Lipinski definition) is 3. The summed E-state index contributed by atoms with van der Waals surface area (Å²) < 4.78 is 0. The zero-order valence-corrected chi connectivity index (χ0v) is 11.0. The molecular weight excluding hydrogens is 272 g/mol. The minimum Gasteiger partial charge on any atom is -0.477 e. The lowest BCUT2D eigenvalue weighted by molar-refractivity contribution is 0.0701. The standard InChI is InChI=1S/C13H11ClO3S/c14-10-3-1-8(2-4-10)11-7-9(5-6-15)12(18-11)13(16)17/h1-4,7,15H,5-6H2,(H,16,17). The molecule has 0 aliphatic heterocycles. The fourth-order valence-electron chi connectivity index (χ4n) is 1.67. The van der Waals surface area contributed by atoms with Gasteiger partial charge in [0.05, 0.1) is 0 Å². The average molecular weight is 283 g/mol. The van der Waals surface area contributed by atoms with Gasteiger partial charge in [-0.15, -0.1) is 11.3 Å². The maximum Gasteiger partial charge on any atom is 0.346 e. The second kappa shape index (κ2) is 5.52. The molecule has 0 aliphatic rings. The van der Waals surface area contributed by atoms with Crippen LogP contribution in [0.5, 0.6) is 0 Å². The van der Waals surface area contributed by atoms with Gasteiger partial charge >= 0.3 is 5.97 Å². The normalized spacial score (nSPS) is 10.6. The molecule has 0 fully saturated rings. The van der Waals surface area contributed by atoms with Crippen molar-refractivity contribution >= 4 is 28.9 Å². The van der Waals surface area contributed by atoms with Crippen LogP contribution in [0, 0.1) is 0 Å². The van der Waals surface area contributed by atoms with E-state index in [4.69, 9.17) is 21.8 Å². The van der Waals surface area contributed by atoms with Gasteiger partial charge in [0.1, 0.15) is 4.88 Å². The number of aliphatic hydroxyl groups excluding tert-OH is 1. The van der Waals surface area contributed by atoms with Crippen LogP contribution >= 0.6 is 22.9 Å². The lowest BCUT2D eigenvalue weighted by Crippen LogP contribution is -1.99. The minimum atomic E-state index is -0.955. The topological polar surface area (TPSA) is 57.5 Å². The molecule has 0 bridgehead atoms. The van der Waals surface area contributed by atoms with Gasteiger partial charge in [0.15, 0.2) is 0 Å². The fourth-order valence-corrected chi connectivity index (χ4v) is 2.85. The van der Waals surface area contributed by atoms with E-state index in [0.717, 1.165) is 10.4 Å². The van der Waals surface area contributed by atoms with Gasteiger partial charge in [-0.2, -0.15) is 0 Å². The maximum absolute atomic E-state index is 11.1. The summed E-state index contributed by atoms with van der Waals surface area (Å²) in [5, 5.41) is 18.7. The van der Waals surface area contributed by atoms with Gasteiger partial charge in [-0.1, -0.05) is 23.7 Å². The average Bonchev–Trinajstić information content (AvgIpc) is 2.75. The van der Waals surface area contributed by atoms with Crippen LogP contribution in [0.15, 0.2) is 30.3 Å². The zero-order chi connectivity index (χ0) is 13.1. The first kappa shape index (κ1) is 13.1. The summed E-state index contributed by atoms with van der Waals surface area (Å²) in [5.41, 5.74) is 1.59. The van der Waals surface area contributed by atoms with E-state index < -0.39 is 5.97 Å². The number of carboxylic acid groups (broad SMARTS) is 1. The van der Waals surface area contributed by atoms with Crippen molar-refractivity contribution in [2.75, 3.05) is 6.61 Å². The number of halogens is 1. The Balaban J connectivity index is 2.42. The first-order chi connectivity index (χ1) is 8.61. The number of aliphatic hydroxyl groups is 1. The molecule has 94 valence electrons. The van der Waals surface area contributed by atoms with Crippen molar-refractivity contribution in [2.45, 2.75) is 6.42 Å². The highest BCUT2D eigenvalue weighted by atomic mass is 35.5. The van der Waals surface area contributed by atoms with Crippen LogP contribution in [0.1, 0.15) is 15.2 Å². The van der Waals surface area contributed by atoms with Crippen LogP contribution in [0.25, 0.3) is 10.4 Å². The Morgan fingerprint density at radius 1 is 1.28 bits per heavy atom. The Morgan fingerprint density at radius 2 is 1.94 bits per heavy atom. The molecule has 0 atom stereocenters. The molecular formula is C13H11ClO3S. The van der Waals surface area contributed by atoms with E-state index in [2.05, 4.69) is 0 Å². The molecule has 18 heavy (non-hydrogen) atoms. The first-order valence-corrected chi connectivity index (χ1v) is 6.54. The van der Waals surface area contributed by atoms with E-state index in [1.807, 2.05) is 18.2 Å². The summed E-state index contributed by atoms with van der Waals surface area (Å²) in [6.45, 7) is -0.0585. The summed E-state index contributed by atoms with van der Waals surface area (Å²) in [6.07, 6.45) is 0.353. The number of aromatic carboxylic acids is 1. The quantitative estimate of drug-likeness (QED) is 0.904. The second-order valence-electron chi connectivity index (χ2n) is 3.75. The third kappa shape index (κ3) is 2.72. The molecule has 0 unspecified atom stereocenters. The summed E-state index contributed by atoms with van der Waals surface area (Å²) >= 11 is 7.02. The number of thiophene rings is 1. The lowest BCUT2D eigenvalue weighted by Gasteiger charge is -1.96. The van der Waals surface area contributed by atoms with Crippen LogP contribution in [0.4, 0.5) is 0 Å². The predicted molar refractivity (Wildman–Crippen MR) is 72.5 cm³/mol. The molecule has 5 heteroatoms. The van der Waals surface area contributed by atoms with Crippen LogP contribution in [0.2, 0.25) is 5.02 Å². The predicted octanol–water partition coefficient (Wildman–Crippen LogP) is 3.30. The highest BCUT2D eigenvalue weighted by molar-refractivity contribution is 7.17. The SMILES string of the molecule is O=C(O)c1sc(-c2ccc(Cl)cc2)cc1CCO. The van der Waals surface area contributed by atoms with Gasteiger partial charge in [0.2, 0.25) is 0 Å². The largest absolute Gasteiger partial charge is 0.477 e. The molecule has 2 aromatic rings. The number of carbonyl (C=O) groups is 1. The number of benzene rings is 1. The van der Waals surface area contributed by atoms with Gasteiger partial charge in [-0.25, -0.2) is 4.79 Å². The molecule has 0 radical (unpaired) electrons. The molecule has 0 amide bonds. The van der Waals surface area contributed by atoms with Crippen molar-refractivity contribution in [3.63, 3.8) is 0 Å². The van der Waals surface area contributed by atoms with Crippen LogP contribution in [0.3, 0.4) is 0 Å². The van der Waals surface area contributed by atoms with E-state index in [1.54, 1.807) is 12.1 Å². The monoisotopic (exact) mass is 282 g/mol. The molecule has 0 aliphatic carbocycles.